The number of nitrogens with one attached hydrogen (secondary N) is 1. The van der Waals surface area contributed by atoms with E-state index in [9.17, 15) is 9.59 Å². The first-order chi connectivity index (χ1) is 19.1. The summed E-state index contributed by atoms with van der Waals surface area (Å²) in [5, 5.41) is 3.98. The topological polar surface area (TPSA) is 71.7 Å². The average molecular weight is 647 g/mol. The van der Waals surface area contributed by atoms with Crippen LogP contribution in [0.25, 0.3) is 11.0 Å². The van der Waals surface area contributed by atoms with Crippen LogP contribution in [0.4, 0.5) is 16.2 Å². The molecular formula is C29H30BrCl2N5O3. The largest absolute Gasteiger partial charge is 0.457 e. The van der Waals surface area contributed by atoms with Crippen molar-refractivity contribution in [3.8, 4) is 11.5 Å². The van der Waals surface area contributed by atoms with Gasteiger partial charge in [0.25, 0.3) is 0 Å². The Bertz CT molecular complexity index is 1650. The van der Waals surface area contributed by atoms with Crippen LogP contribution in [0.1, 0.15) is 24.8 Å². The van der Waals surface area contributed by atoms with Crippen LogP contribution in [0.5, 0.6) is 11.5 Å². The molecule has 0 aliphatic carbocycles. The minimum absolute atomic E-state index is 0.100. The monoisotopic (exact) mass is 645 g/mol. The molecule has 1 aliphatic rings. The molecule has 1 saturated heterocycles. The van der Waals surface area contributed by atoms with Crippen molar-refractivity contribution in [3.63, 3.8) is 0 Å². The predicted molar refractivity (Wildman–Crippen MR) is 165 cm³/mol. The molecule has 0 saturated carbocycles. The fourth-order valence-corrected chi connectivity index (χ4v) is 5.74. The van der Waals surface area contributed by atoms with Crippen molar-refractivity contribution in [1.82, 2.24) is 14.0 Å². The Morgan fingerprint density at radius 1 is 0.950 bits per heavy atom. The van der Waals surface area contributed by atoms with Gasteiger partial charge < -0.3 is 19.9 Å². The van der Waals surface area contributed by atoms with Crippen LogP contribution in [0.3, 0.4) is 0 Å². The summed E-state index contributed by atoms with van der Waals surface area (Å²) in [6.07, 6.45) is 3.38. The summed E-state index contributed by atoms with van der Waals surface area (Å²) in [4.78, 5) is 29.9. The van der Waals surface area contributed by atoms with Gasteiger partial charge in [0.15, 0.2) is 0 Å². The number of nitrogens with zero attached hydrogens (tertiary/aromatic N) is 4. The smallest absolute Gasteiger partial charge is 0.328 e. The van der Waals surface area contributed by atoms with E-state index in [1.165, 1.54) is 6.42 Å². The Hall–Kier alpha value is -3.14. The van der Waals surface area contributed by atoms with Crippen LogP contribution in [-0.4, -0.2) is 40.2 Å². The molecule has 210 valence electrons. The minimum Gasteiger partial charge on any atom is -0.457 e. The van der Waals surface area contributed by atoms with E-state index in [1.54, 1.807) is 53.4 Å². The highest BCUT2D eigenvalue weighted by Crippen LogP contribution is 2.34. The molecular weight excluding hydrogens is 617 g/mol. The maximum atomic E-state index is 13.4. The summed E-state index contributed by atoms with van der Waals surface area (Å²) in [5.74, 6) is 1.19. The standard InChI is InChI=1S/C29H30BrCl2N5O3/c1-34(17-18-7-8-19(13-21(18)30)40-20-9-10-22(31)23(32)14-20)28(38)33-24-15-26-27(36(3)29(39)35(26)2)16-25(24)37-11-5-4-6-12-37/h7-10,13-16H,4-6,11-12,17H2,1-3H3,(H,33,38). The second-order valence-corrected chi connectivity index (χ2v) is 11.7. The van der Waals surface area contributed by atoms with Crippen LogP contribution in [0.2, 0.25) is 10.0 Å². The van der Waals surface area contributed by atoms with Crippen molar-refractivity contribution >= 4 is 67.6 Å². The minimum atomic E-state index is -0.249. The van der Waals surface area contributed by atoms with E-state index in [0.717, 1.165) is 52.7 Å². The van der Waals surface area contributed by atoms with Gasteiger partial charge in [-0.15, -0.1) is 0 Å². The number of aryl methyl sites for hydroxylation is 2. The lowest BCUT2D eigenvalue weighted by Crippen LogP contribution is -2.33. The number of hydrogen-bond donors (Lipinski definition) is 1. The molecule has 5 rings (SSSR count). The first-order valence-corrected chi connectivity index (χ1v) is 14.5. The number of fused-ring (bicyclic) bond motifs is 1. The third-order valence-electron chi connectivity index (χ3n) is 7.23. The summed E-state index contributed by atoms with van der Waals surface area (Å²) >= 11 is 15.7. The van der Waals surface area contributed by atoms with Gasteiger partial charge in [-0.25, -0.2) is 9.59 Å². The van der Waals surface area contributed by atoms with Crippen LogP contribution >= 0.6 is 39.1 Å². The fraction of sp³-hybridized carbons (Fsp3) is 0.310. The number of urea groups is 1. The number of carbonyl (C=O) groups excluding carboxylic acids is 1. The molecule has 2 heterocycles. The summed E-state index contributed by atoms with van der Waals surface area (Å²) in [6, 6.07) is 14.4. The molecule has 11 heteroatoms. The zero-order valence-electron chi connectivity index (χ0n) is 22.5. The number of ether oxygens (including phenoxy) is 1. The first kappa shape index (κ1) is 28.4. The molecule has 0 radical (unpaired) electrons. The number of imidazole rings is 1. The molecule has 0 spiro atoms. The van der Waals surface area contributed by atoms with Crippen LogP contribution < -0.4 is 20.6 Å². The molecule has 8 nitrogen and oxygen atoms in total. The molecule has 3 aromatic carbocycles. The molecule has 2 amide bonds. The van der Waals surface area contributed by atoms with Gasteiger partial charge in [0, 0.05) is 51.3 Å². The Balaban J connectivity index is 1.34. The van der Waals surface area contributed by atoms with Gasteiger partial charge in [-0.3, -0.25) is 9.13 Å². The lowest BCUT2D eigenvalue weighted by molar-refractivity contribution is 0.220. The Morgan fingerprint density at radius 2 is 1.60 bits per heavy atom. The molecule has 1 fully saturated rings. The van der Waals surface area contributed by atoms with Gasteiger partial charge in [-0.1, -0.05) is 45.2 Å². The average Bonchev–Trinajstić information content (AvgIpc) is 3.15. The lowest BCUT2D eigenvalue weighted by atomic mass is 10.1. The molecule has 1 N–H and O–H groups in total. The highest BCUT2D eigenvalue weighted by Gasteiger charge is 2.21. The second kappa shape index (κ2) is 11.8. The van der Waals surface area contributed by atoms with Gasteiger partial charge in [-0.2, -0.15) is 0 Å². The SMILES string of the molecule is CN(Cc1ccc(Oc2ccc(Cl)c(Cl)c2)cc1Br)C(=O)Nc1cc2c(cc1N1CCCCC1)n(C)c(=O)n2C. The Kier molecular flexibility index (Phi) is 8.35. The van der Waals surface area contributed by atoms with E-state index in [-0.39, 0.29) is 11.7 Å². The maximum Gasteiger partial charge on any atom is 0.328 e. The maximum absolute atomic E-state index is 13.4. The molecule has 1 aromatic heterocycles. The zero-order chi connectivity index (χ0) is 28.6. The number of halogens is 3. The van der Waals surface area contributed by atoms with Crippen molar-refractivity contribution in [2.24, 2.45) is 14.1 Å². The number of hydrogen-bond acceptors (Lipinski definition) is 4. The number of rotatable bonds is 6. The van der Waals surface area contributed by atoms with Crippen LogP contribution in [-0.2, 0) is 20.6 Å². The van der Waals surface area contributed by atoms with Crippen molar-refractivity contribution < 1.29 is 9.53 Å². The van der Waals surface area contributed by atoms with Crippen molar-refractivity contribution in [2.75, 3.05) is 30.4 Å². The summed E-state index contributed by atoms with van der Waals surface area (Å²) in [6.45, 7) is 2.19. The normalized spacial score (nSPS) is 13.5. The number of amides is 2. The molecule has 1 aliphatic heterocycles. The first-order valence-electron chi connectivity index (χ1n) is 13.0. The van der Waals surface area contributed by atoms with E-state index in [2.05, 4.69) is 26.1 Å². The van der Waals surface area contributed by atoms with Crippen molar-refractivity contribution in [1.29, 1.82) is 0 Å². The number of benzene rings is 3. The number of anilines is 2. The van der Waals surface area contributed by atoms with E-state index in [0.29, 0.717) is 33.8 Å². The Labute approximate surface area is 251 Å². The molecule has 0 bridgehead atoms. The highest BCUT2D eigenvalue weighted by atomic mass is 79.9. The van der Waals surface area contributed by atoms with E-state index in [4.69, 9.17) is 27.9 Å². The highest BCUT2D eigenvalue weighted by molar-refractivity contribution is 9.10. The summed E-state index contributed by atoms with van der Waals surface area (Å²) in [7, 11) is 5.27. The summed E-state index contributed by atoms with van der Waals surface area (Å²) in [5.41, 5.74) is 4.04. The van der Waals surface area contributed by atoms with Crippen molar-refractivity contribution in [3.05, 3.63) is 79.1 Å². The quantitative estimate of drug-likeness (QED) is 0.237. The van der Waals surface area contributed by atoms with E-state index in [1.807, 2.05) is 30.3 Å². The molecule has 4 aromatic rings. The number of piperidine rings is 1. The predicted octanol–water partition coefficient (Wildman–Crippen LogP) is 7.39. The van der Waals surface area contributed by atoms with Gasteiger partial charge in [0.2, 0.25) is 0 Å². The van der Waals surface area contributed by atoms with E-state index >= 15 is 0 Å². The molecule has 0 atom stereocenters. The second-order valence-electron chi connectivity index (χ2n) is 10.0. The lowest BCUT2D eigenvalue weighted by Gasteiger charge is -2.31. The molecule has 40 heavy (non-hydrogen) atoms. The third kappa shape index (κ3) is 5.82. The fourth-order valence-electron chi connectivity index (χ4n) is 4.96. The summed E-state index contributed by atoms with van der Waals surface area (Å²) < 4.78 is 9.97. The zero-order valence-corrected chi connectivity index (χ0v) is 25.6. The van der Waals surface area contributed by atoms with Crippen molar-refractivity contribution in [2.45, 2.75) is 25.8 Å². The van der Waals surface area contributed by atoms with Gasteiger partial charge >= 0.3 is 11.7 Å². The molecule has 0 unspecified atom stereocenters. The Morgan fingerprint density at radius 3 is 2.27 bits per heavy atom. The number of aromatic nitrogens is 2. The van der Waals surface area contributed by atoms with E-state index < -0.39 is 0 Å². The van der Waals surface area contributed by atoms with Crippen LogP contribution in [0.15, 0.2) is 57.8 Å². The number of carbonyl (C=O) groups is 1. The third-order valence-corrected chi connectivity index (χ3v) is 8.71. The van der Waals surface area contributed by atoms with Gasteiger partial charge in [0.1, 0.15) is 11.5 Å². The van der Waals surface area contributed by atoms with Gasteiger partial charge in [0.05, 0.1) is 32.5 Å². The van der Waals surface area contributed by atoms with Gasteiger partial charge in [-0.05, 0) is 61.2 Å². The van der Waals surface area contributed by atoms with Crippen LogP contribution in [0, 0.1) is 0 Å².